The van der Waals surface area contributed by atoms with Crippen molar-refractivity contribution in [3.05, 3.63) is 72.6 Å². The maximum atomic E-state index is 12.4. The molecule has 3 rings (SSSR count). The molecule has 0 spiro atoms. The zero-order valence-corrected chi connectivity index (χ0v) is 12.6. The minimum atomic E-state index is -0.945. The Kier molecular flexibility index (Phi) is 4.24. The standard InChI is InChI=1S/C19H17NO3/c21-18(20-12-15-8-4-5-9-16(15)13-20)11-17(19(22)23)10-14-6-2-1-3-7-14/h1-9,12-13,17H,10-11H2,(H,22,23)/t17-/m0/s1. The van der Waals surface area contributed by atoms with Gasteiger partial charge in [0.2, 0.25) is 5.91 Å². The first-order valence-electron chi connectivity index (χ1n) is 7.50. The van der Waals surface area contributed by atoms with Gasteiger partial charge in [-0.15, -0.1) is 0 Å². The van der Waals surface area contributed by atoms with Crippen LogP contribution in [0.2, 0.25) is 0 Å². The van der Waals surface area contributed by atoms with Crippen LogP contribution in [0.5, 0.6) is 0 Å². The van der Waals surface area contributed by atoms with E-state index in [2.05, 4.69) is 0 Å². The number of carboxylic acids is 1. The van der Waals surface area contributed by atoms with E-state index in [4.69, 9.17) is 0 Å². The third-order valence-electron chi connectivity index (χ3n) is 3.94. The van der Waals surface area contributed by atoms with Crippen molar-refractivity contribution in [2.24, 2.45) is 5.92 Å². The first-order chi connectivity index (χ1) is 11.1. The lowest BCUT2D eigenvalue weighted by Crippen LogP contribution is -2.22. The number of fused-ring (bicyclic) bond motifs is 1. The van der Waals surface area contributed by atoms with Crippen LogP contribution in [0.4, 0.5) is 0 Å². The van der Waals surface area contributed by atoms with Crippen LogP contribution in [0.1, 0.15) is 16.8 Å². The lowest BCUT2D eigenvalue weighted by Gasteiger charge is -2.12. The maximum Gasteiger partial charge on any atom is 0.307 e. The molecular weight excluding hydrogens is 290 g/mol. The predicted octanol–water partition coefficient (Wildman–Crippen LogP) is 3.62. The summed E-state index contributed by atoms with van der Waals surface area (Å²) >= 11 is 0. The summed E-state index contributed by atoms with van der Waals surface area (Å²) in [5, 5.41) is 11.3. The Labute approximate surface area is 134 Å². The summed E-state index contributed by atoms with van der Waals surface area (Å²) in [5.41, 5.74) is 0.922. The Morgan fingerprint density at radius 2 is 1.48 bits per heavy atom. The molecule has 4 heteroatoms. The molecule has 0 amide bonds. The average Bonchev–Trinajstić information content (AvgIpc) is 2.99. The van der Waals surface area contributed by atoms with Crippen LogP contribution < -0.4 is 0 Å². The summed E-state index contributed by atoms with van der Waals surface area (Å²) in [6, 6.07) is 17.1. The fraction of sp³-hybridized carbons (Fsp3) is 0.158. The van der Waals surface area contributed by atoms with Crippen molar-refractivity contribution < 1.29 is 14.7 Å². The Bertz CT molecular complexity index is 803. The van der Waals surface area contributed by atoms with E-state index < -0.39 is 11.9 Å². The average molecular weight is 307 g/mol. The number of hydrogen-bond donors (Lipinski definition) is 1. The molecule has 116 valence electrons. The molecule has 1 N–H and O–H groups in total. The zero-order valence-electron chi connectivity index (χ0n) is 12.6. The van der Waals surface area contributed by atoms with E-state index in [-0.39, 0.29) is 12.3 Å². The molecule has 0 fully saturated rings. The molecule has 1 atom stereocenters. The highest BCUT2D eigenvalue weighted by atomic mass is 16.4. The Morgan fingerprint density at radius 1 is 0.913 bits per heavy atom. The zero-order chi connectivity index (χ0) is 16.2. The quantitative estimate of drug-likeness (QED) is 0.783. The van der Waals surface area contributed by atoms with Gasteiger partial charge in [0.25, 0.3) is 0 Å². The molecule has 1 aromatic heterocycles. The van der Waals surface area contributed by atoms with Crippen molar-refractivity contribution in [3.8, 4) is 0 Å². The van der Waals surface area contributed by atoms with E-state index in [1.54, 1.807) is 12.4 Å². The maximum absolute atomic E-state index is 12.4. The van der Waals surface area contributed by atoms with E-state index in [9.17, 15) is 14.7 Å². The van der Waals surface area contributed by atoms with Crippen molar-refractivity contribution in [3.63, 3.8) is 0 Å². The number of rotatable bonds is 5. The van der Waals surface area contributed by atoms with Gasteiger partial charge < -0.3 is 5.11 Å². The summed E-state index contributed by atoms with van der Waals surface area (Å²) in [6.45, 7) is 0. The molecule has 23 heavy (non-hydrogen) atoms. The molecular formula is C19H17NO3. The number of carbonyl (C=O) groups is 2. The molecule has 0 unspecified atom stereocenters. The molecule has 2 aromatic carbocycles. The Morgan fingerprint density at radius 3 is 2.04 bits per heavy atom. The molecule has 1 heterocycles. The number of carboxylic acid groups (broad SMARTS) is 1. The van der Waals surface area contributed by atoms with Crippen LogP contribution >= 0.6 is 0 Å². The van der Waals surface area contributed by atoms with Crippen LogP contribution in [0.3, 0.4) is 0 Å². The van der Waals surface area contributed by atoms with Gasteiger partial charge in [-0.1, -0.05) is 54.6 Å². The number of carbonyl (C=O) groups excluding carboxylic acids is 1. The minimum Gasteiger partial charge on any atom is -0.481 e. The van der Waals surface area contributed by atoms with E-state index in [1.165, 1.54) is 4.57 Å². The van der Waals surface area contributed by atoms with Gasteiger partial charge in [0, 0.05) is 18.8 Å². The number of nitrogens with zero attached hydrogens (tertiary/aromatic N) is 1. The van der Waals surface area contributed by atoms with E-state index >= 15 is 0 Å². The first-order valence-corrected chi connectivity index (χ1v) is 7.50. The molecule has 0 saturated carbocycles. The molecule has 4 nitrogen and oxygen atoms in total. The van der Waals surface area contributed by atoms with Gasteiger partial charge in [-0.25, -0.2) is 0 Å². The van der Waals surface area contributed by atoms with Gasteiger partial charge >= 0.3 is 5.97 Å². The predicted molar refractivity (Wildman–Crippen MR) is 88.5 cm³/mol. The third kappa shape index (κ3) is 3.48. The normalized spacial score (nSPS) is 12.2. The molecule has 0 saturated heterocycles. The van der Waals surface area contributed by atoms with Crippen molar-refractivity contribution >= 4 is 22.6 Å². The monoisotopic (exact) mass is 307 g/mol. The molecule has 0 aliphatic rings. The van der Waals surface area contributed by atoms with Crippen LogP contribution in [0.25, 0.3) is 10.8 Å². The fourth-order valence-electron chi connectivity index (χ4n) is 2.69. The van der Waals surface area contributed by atoms with Gasteiger partial charge in [0.15, 0.2) is 0 Å². The number of benzene rings is 2. The summed E-state index contributed by atoms with van der Waals surface area (Å²) in [7, 11) is 0. The summed E-state index contributed by atoms with van der Waals surface area (Å²) < 4.78 is 1.49. The molecule has 0 aliphatic heterocycles. The van der Waals surface area contributed by atoms with Crippen molar-refractivity contribution in [2.45, 2.75) is 12.8 Å². The second-order valence-corrected chi connectivity index (χ2v) is 5.62. The van der Waals surface area contributed by atoms with Crippen LogP contribution in [0, 0.1) is 5.92 Å². The molecule has 0 radical (unpaired) electrons. The highest BCUT2D eigenvalue weighted by Gasteiger charge is 2.22. The number of aliphatic carboxylic acids is 1. The molecule has 0 bridgehead atoms. The first kappa shape index (κ1) is 15.0. The number of aromatic nitrogens is 1. The van der Waals surface area contributed by atoms with Crippen molar-refractivity contribution in [1.82, 2.24) is 4.57 Å². The van der Waals surface area contributed by atoms with Crippen molar-refractivity contribution in [2.75, 3.05) is 0 Å². The summed E-state index contributed by atoms with van der Waals surface area (Å²) in [5.74, 6) is -1.88. The highest BCUT2D eigenvalue weighted by Crippen LogP contribution is 2.18. The van der Waals surface area contributed by atoms with Crippen LogP contribution in [-0.2, 0) is 11.2 Å². The van der Waals surface area contributed by atoms with Gasteiger partial charge in [-0.3, -0.25) is 14.2 Å². The van der Waals surface area contributed by atoms with Gasteiger partial charge in [0.1, 0.15) is 0 Å². The van der Waals surface area contributed by atoms with Crippen LogP contribution in [0.15, 0.2) is 67.0 Å². The topological polar surface area (TPSA) is 59.3 Å². The second kappa shape index (κ2) is 6.48. The molecule has 0 aliphatic carbocycles. The lowest BCUT2D eigenvalue weighted by molar-refractivity contribution is -0.141. The van der Waals surface area contributed by atoms with Crippen LogP contribution in [-0.4, -0.2) is 21.6 Å². The van der Waals surface area contributed by atoms with Crippen molar-refractivity contribution in [1.29, 1.82) is 0 Å². The highest BCUT2D eigenvalue weighted by molar-refractivity contribution is 5.90. The van der Waals surface area contributed by atoms with Gasteiger partial charge in [0.05, 0.1) is 5.92 Å². The van der Waals surface area contributed by atoms with E-state index in [1.807, 2.05) is 54.6 Å². The third-order valence-corrected chi connectivity index (χ3v) is 3.94. The lowest BCUT2D eigenvalue weighted by atomic mass is 9.96. The SMILES string of the molecule is O=C(O)[C@H](CC(=O)n1cc2ccccc2c1)Cc1ccccc1. The summed E-state index contributed by atoms with van der Waals surface area (Å²) in [6.07, 6.45) is 3.83. The minimum absolute atomic E-state index is 0.0226. The van der Waals surface area contributed by atoms with Gasteiger partial charge in [-0.2, -0.15) is 0 Å². The molecule has 3 aromatic rings. The smallest absolute Gasteiger partial charge is 0.307 e. The largest absolute Gasteiger partial charge is 0.481 e. The van der Waals surface area contributed by atoms with E-state index in [0.717, 1.165) is 16.3 Å². The number of hydrogen-bond acceptors (Lipinski definition) is 2. The Hall–Kier alpha value is -2.88. The fourth-order valence-corrected chi connectivity index (χ4v) is 2.69. The second-order valence-electron chi connectivity index (χ2n) is 5.62. The summed E-state index contributed by atoms with van der Waals surface area (Å²) in [4.78, 5) is 23.9. The van der Waals surface area contributed by atoms with E-state index in [0.29, 0.717) is 6.42 Å². The van der Waals surface area contributed by atoms with Gasteiger partial charge in [-0.05, 0) is 22.8 Å². The Balaban J connectivity index is 1.76.